The number of likely N-dealkylation sites (N-methyl/N-ethyl adjacent to an activating group) is 1. The van der Waals surface area contributed by atoms with Crippen molar-refractivity contribution >= 4 is 12.0 Å². The lowest BCUT2D eigenvalue weighted by molar-refractivity contribution is -0.384. The number of non-ortho nitro benzene ring substituents is 1. The van der Waals surface area contributed by atoms with Gasteiger partial charge in [-0.25, -0.2) is 0 Å². The molecular formula is C11H14N2O5. The first-order valence-corrected chi connectivity index (χ1v) is 5.25. The normalized spacial score (nSPS) is 13.9. The average Bonchev–Trinajstić information content (AvgIpc) is 2.37. The van der Waals surface area contributed by atoms with E-state index < -0.39 is 17.1 Å². The summed E-state index contributed by atoms with van der Waals surface area (Å²) in [4.78, 5) is 20.8. The molecule has 2 unspecified atom stereocenters. The molecule has 0 aliphatic carbocycles. The van der Waals surface area contributed by atoms with Gasteiger partial charge in [0.05, 0.1) is 11.0 Å². The monoisotopic (exact) mass is 254 g/mol. The van der Waals surface area contributed by atoms with Crippen LogP contribution in [0.1, 0.15) is 22.0 Å². The summed E-state index contributed by atoms with van der Waals surface area (Å²) in [6, 6.07) is 3.51. The second-order valence-electron chi connectivity index (χ2n) is 3.76. The second kappa shape index (κ2) is 6.20. The van der Waals surface area contributed by atoms with Gasteiger partial charge in [-0.15, -0.1) is 0 Å². The van der Waals surface area contributed by atoms with Gasteiger partial charge >= 0.3 is 0 Å². The maximum Gasteiger partial charge on any atom is 0.270 e. The van der Waals surface area contributed by atoms with Crippen molar-refractivity contribution in [2.24, 2.45) is 0 Å². The summed E-state index contributed by atoms with van der Waals surface area (Å²) in [6.45, 7) is 0.135. The third kappa shape index (κ3) is 3.10. The average molecular weight is 254 g/mol. The van der Waals surface area contributed by atoms with Gasteiger partial charge in [0, 0.05) is 24.2 Å². The number of carbonyl (C=O) groups is 1. The number of aliphatic hydroxyl groups is 2. The molecule has 0 aromatic heterocycles. The van der Waals surface area contributed by atoms with Gasteiger partial charge in [0.1, 0.15) is 6.10 Å². The van der Waals surface area contributed by atoms with Crippen LogP contribution in [0.2, 0.25) is 0 Å². The Morgan fingerprint density at radius 2 is 2.17 bits per heavy atom. The number of carbonyl (C=O) groups excluding carboxylic acids is 1. The standard InChI is InChI=1S/C11H14N2O5/c1-12-5-10(15)11(16)9-3-2-8(13(17)18)4-7(9)6-14/h2-4,6,10-12,15-16H,5H2,1H3. The number of hydrogen-bond acceptors (Lipinski definition) is 6. The van der Waals surface area contributed by atoms with Crippen LogP contribution >= 0.6 is 0 Å². The summed E-state index contributed by atoms with van der Waals surface area (Å²) in [6.07, 6.45) is -1.97. The van der Waals surface area contributed by atoms with Crippen LogP contribution in [0.4, 0.5) is 5.69 Å². The zero-order valence-corrected chi connectivity index (χ0v) is 9.74. The molecule has 0 aliphatic heterocycles. The van der Waals surface area contributed by atoms with Gasteiger partial charge in [-0.05, 0) is 18.7 Å². The highest BCUT2D eigenvalue weighted by molar-refractivity contribution is 5.79. The Hall–Kier alpha value is -1.83. The zero-order valence-electron chi connectivity index (χ0n) is 9.74. The lowest BCUT2D eigenvalue weighted by atomic mass is 9.98. The highest BCUT2D eigenvalue weighted by Gasteiger charge is 2.22. The van der Waals surface area contributed by atoms with Crippen molar-refractivity contribution in [3.05, 3.63) is 39.4 Å². The summed E-state index contributed by atoms with van der Waals surface area (Å²) >= 11 is 0. The highest BCUT2D eigenvalue weighted by Crippen LogP contribution is 2.24. The third-order valence-corrected chi connectivity index (χ3v) is 2.50. The summed E-state index contributed by atoms with van der Waals surface area (Å²) in [5, 5.41) is 32.7. The summed E-state index contributed by atoms with van der Waals surface area (Å²) in [5.41, 5.74) is -0.0821. The minimum absolute atomic E-state index is 0.00754. The molecule has 1 rings (SSSR count). The highest BCUT2D eigenvalue weighted by atomic mass is 16.6. The summed E-state index contributed by atoms with van der Waals surface area (Å²) in [7, 11) is 1.60. The van der Waals surface area contributed by atoms with E-state index in [1.54, 1.807) is 7.05 Å². The second-order valence-corrected chi connectivity index (χ2v) is 3.76. The van der Waals surface area contributed by atoms with Crippen LogP contribution in [-0.4, -0.2) is 41.1 Å². The Balaban J connectivity index is 3.08. The molecule has 0 aliphatic rings. The molecule has 7 nitrogen and oxygen atoms in total. The topological polar surface area (TPSA) is 113 Å². The SMILES string of the molecule is CNCC(O)C(O)c1ccc([N+](=O)[O-])cc1C=O. The number of nitrogens with zero attached hydrogens (tertiary/aromatic N) is 1. The maximum atomic E-state index is 10.9. The van der Waals surface area contributed by atoms with Crippen LogP contribution in [0, 0.1) is 10.1 Å². The molecule has 0 amide bonds. The van der Waals surface area contributed by atoms with Crippen molar-refractivity contribution in [3.63, 3.8) is 0 Å². The number of nitrogens with one attached hydrogen (secondary N) is 1. The van der Waals surface area contributed by atoms with Gasteiger partial charge in [0.25, 0.3) is 5.69 Å². The molecule has 1 aromatic carbocycles. The Bertz CT molecular complexity index is 449. The fourth-order valence-electron chi connectivity index (χ4n) is 1.58. The van der Waals surface area contributed by atoms with Gasteiger partial charge in [-0.2, -0.15) is 0 Å². The van der Waals surface area contributed by atoms with E-state index in [1.807, 2.05) is 0 Å². The van der Waals surface area contributed by atoms with Crippen molar-refractivity contribution < 1.29 is 19.9 Å². The molecule has 98 valence electrons. The van der Waals surface area contributed by atoms with Crippen LogP contribution in [0.15, 0.2) is 18.2 Å². The van der Waals surface area contributed by atoms with Crippen LogP contribution < -0.4 is 5.32 Å². The molecule has 18 heavy (non-hydrogen) atoms. The molecule has 3 N–H and O–H groups in total. The molecule has 0 spiro atoms. The predicted octanol–water partition coefficient (Wildman–Crippen LogP) is 0.0210. The third-order valence-electron chi connectivity index (χ3n) is 2.50. The fraction of sp³-hybridized carbons (Fsp3) is 0.364. The number of rotatable bonds is 6. The number of nitro benzene ring substituents is 1. The van der Waals surface area contributed by atoms with E-state index in [0.717, 1.165) is 6.07 Å². The Morgan fingerprint density at radius 1 is 1.50 bits per heavy atom. The van der Waals surface area contributed by atoms with Crippen molar-refractivity contribution in [3.8, 4) is 0 Å². The number of hydrogen-bond donors (Lipinski definition) is 3. The van der Waals surface area contributed by atoms with E-state index in [9.17, 15) is 25.1 Å². The van der Waals surface area contributed by atoms with Gasteiger partial charge in [0.15, 0.2) is 6.29 Å². The van der Waals surface area contributed by atoms with E-state index >= 15 is 0 Å². The van der Waals surface area contributed by atoms with Crippen molar-refractivity contribution in [1.29, 1.82) is 0 Å². The lowest BCUT2D eigenvalue weighted by Gasteiger charge is -2.18. The first-order chi connectivity index (χ1) is 8.51. The number of aldehydes is 1. The molecule has 0 radical (unpaired) electrons. The first kappa shape index (κ1) is 14.2. The zero-order chi connectivity index (χ0) is 13.7. The lowest BCUT2D eigenvalue weighted by Crippen LogP contribution is -2.30. The fourth-order valence-corrected chi connectivity index (χ4v) is 1.58. The number of aliphatic hydroxyl groups excluding tert-OH is 2. The summed E-state index contributed by atoms with van der Waals surface area (Å²) < 4.78 is 0. The molecule has 0 fully saturated rings. The molecule has 0 bridgehead atoms. The molecular weight excluding hydrogens is 240 g/mol. The largest absolute Gasteiger partial charge is 0.389 e. The van der Waals surface area contributed by atoms with Gasteiger partial charge in [-0.3, -0.25) is 14.9 Å². The Morgan fingerprint density at radius 3 is 2.67 bits per heavy atom. The van der Waals surface area contributed by atoms with Crippen molar-refractivity contribution in [2.75, 3.05) is 13.6 Å². The van der Waals surface area contributed by atoms with E-state index in [1.165, 1.54) is 12.1 Å². The van der Waals surface area contributed by atoms with E-state index in [4.69, 9.17) is 0 Å². The Labute approximate surface area is 103 Å². The smallest absolute Gasteiger partial charge is 0.270 e. The molecule has 1 aromatic rings. The Kier molecular flexibility index (Phi) is 4.90. The summed E-state index contributed by atoms with van der Waals surface area (Å²) in [5.74, 6) is 0. The number of nitro groups is 1. The van der Waals surface area contributed by atoms with Gasteiger partial charge in [0.2, 0.25) is 0 Å². The van der Waals surface area contributed by atoms with Gasteiger partial charge in [-0.1, -0.05) is 0 Å². The molecule has 0 heterocycles. The van der Waals surface area contributed by atoms with Crippen LogP contribution in [-0.2, 0) is 0 Å². The predicted molar refractivity (Wildman–Crippen MR) is 63.4 cm³/mol. The van der Waals surface area contributed by atoms with Gasteiger partial charge < -0.3 is 15.5 Å². The van der Waals surface area contributed by atoms with Crippen LogP contribution in [0.5, 0.6) is 0 Å². The van der Waals surface area contributed by atoms with Crippen molar-refractivity contribution in [1.82, 2.24) is 5.32 Å². The minimum Gasteiger partial charge on any atom is -0.389 e. The minimum atomic E-state index is -1.28. The number of benzene rings is 1. The quantitative estimate of drug-likeness (QED) is 0.375. The van der Waals surface area contributed by atoms with E-state index in [-0.39, 0.29) is 23.4 Å². The maximum absolute atomic E-state index is 10.9. The molecule has 0 saturated heterocycles. The van der Waals surface area contributed by atoms with E-state index in [0.29, 0.717) is 6.29 Å². The van der Waals surface area contributed by atoms with E-state index in [2.05, 4.69) is 5.32 Å². The molecule has 7 heteroatoms. The first-order valence-electron chi connectivity index (χ1n) is 5.25. The van der Waals surface area contributed by atoms with Crippen molar-refractivity contribution in [2.45, 2.75) is 12.2 Å². The molecule has 0 saturated carbocycles. The van der Waals surface area contributed by atoms with Crippen LogP contribution in [0.25, 0.3) is 0 Å². The van der Waals surface area contributed by atoms with Crippen LogP contribution in [0.3, 0.4) is 0 Å². The molecule has 2 atom stereocenters.